The van der Waals surface area contributed by atoms with Crippen LogP contribution in [0.2, 0.25) is 0 Å². The van der Waals surface area contributed by atoms with Gasteiger partial charge in [0.15, 0.2) is 0 Å². The summed E-state index contributed by atoms with van der Waals surface area (Å²) in [5.41, 5.74) is 0.0828. The molecule has 1 fully saturated rings. The number of benzene rings is 1. The van der Waals surface area contributed by atoms with Crippen LogP contribution in [0.3, 0.4) is 0 Å². The highest BCUT2D eigenvalue weighted by Gasteiger charge is 2.30. The third-order valence-corrected chi connectivity index (χ3v) is 4.92. The van der Waals surface area contributed by atoms with Gasteiger partial charge in [-0.1, -0.05) is 6.92 Å². The molecule has 7 nitrogen and oxygen atoms in total. The molecule has 1 atom stereocenters. The Balaban J connectivity index is 1.86. The van der Waals surface area contributed by atoms with E-state index in [1.54, 1.807) is 18.2 Å². The Morgan fingerprint density at radius 3 is 2.48 bits per heavy atom. The van der Waals surface area contributed by atoms with Gasteiger partial charge in [-0.3, -0.25) is 19.3 Å². The summed E-state index contributed by atoms with van der Waals surface area (Å²) < 4.78 is 0. The lowest BCUT2D eigenvalue weighted by atomic mass is 10.1. The molecule has 7 heteroatoms. The van der Waals surface area contributed by atoms with E-state index in [1.165, 1.54) is 0 Å². The fraction of sp³-hybridized carbons (Fsp3) is 0.500. The van der Waals surface area contributed by atoms with Crippen LogP contribution in [-0.2, 0) is 0 Å². The molecule has 0 aliphatic carbocycles. The zero-order valence-electron chi connectivity index (χ0n) is 14.8. The predicted octanol–water partition coefficient (Wildman–Crippen LogP) is 1.16. The van der Waals surface area contributed by atoms with Gasteiger partial charge < -0.3 is 14.9 Å². The molecular formula is C18H24N4O3. The number of hydrogen-bond donors (Lipinski definition) is 2. The highest BCUT2D eigenvalue weighted by molar-refractivity contribution is 5.97. The molecule has 3 rings (SSSR count). The number of carbonyl (C=O) groups excluding carboxylic acids is 1. The summed E-state index contributed by atoms with van der Waals surface area (Å²) in [7, 11) is 0. The number of amides is 1. The third kappa shape index (κ3) is 3.37. The molecule has 1 aliphatic heterocycles. The molecule has 2 aromatic rings. The van der Waals surface area contributed by atoms with Gasteiger partial charge in [0, 0.05) is 37.3 Å². The van der Waals surface area contributed by atoms with Crippen LogP contribution < -0.4 is 11.1 Å². The second-order valence-electron chi connectivity index (χ2n) is 6.81. The standard InChI is InChI=1S/C18H24N4O3/c1-4-13-10-21(7-8-22(13)11(2)3)18(25)12-5-6-14-15(9-12)20-17(24)16(23)19-14/h5-6,9,11,13H,4,7-8,10H2,1-3H3,(H,19,23)(H,20,24). The molecule has 1 amide bonds. The second-order valence-corrected chi connectivity index (χ2v) is 6.81. The first-order valence-electron chi connectivity index (χ1n) is 8.72. The van der Waals surface area contributed by atoms with E-state index in [4.69, 9.17) is 0 Å². The fourth-order valence-corrected chi connectivity index (χ4v) is 3.53. The number of hydrogen-bond acceptors (Lipinski definition) is 4. The van der Waals surface area contributed by atoms with Gasteiger partial charge in [0.05, 0.1) is 11.0 Å². The van der Waals surface area contributed by atoms with E-state index in [-0.39, 0.29) is 5.91 Å². The minimum atomic E-state index is -0.714. The van der Waals surface area contributed by atoms with Crippen molar-refractivity contribution in [2.75, 3.05) is 19.6 Å². The third-order valence-electron chi connectivity index (χ3n) is 4.92. The number of rotatable bonds is 3. The molecule has 1 aromatic heterocycles. The van der Waals surface area contributed by atoms with Crippen LogP contribution in [-0.4, -0.2) is 57.4 Å². The maximum Gasteiger partial charge on any atom is 0.314 e. The Bertz CT molecular complexity index is 899. The summed E-state index contributed by atoms with van der Waals surface area (Å²) in [6.45, 7) is 8.76. The summed E-state index contributed by atoms with van der Waals surface area (Å²) in [4.78, 5) is 45.1. The highest BCUT2D eigenvalue weighted by Crippen LogP contribution is 2.19. The maximum atomic E-state index is 12.9. The molecule has 1 aromatic carbocycles. The van der Waals surface area contributed by atoms with Crippen LogP contribution in [0.5, 0.6) is 0 Å². The van der Waals surface area contributed by atoms with E-state index in [0.717, 1.165) is 13.0 Å². The van der Waals surface area contributed by atoms with Crippen molar-refractivity contribution in [2.45, 2.75) is 39.3 Å². The Labute approximate surface area is 145 Å². The first kappa shape index (κ1) is 17.4. The van der Waals surface area contributed by atoms with Crippen LogP contribution in [0.25, 0.3) is 11.0 Å². The number of carbonyl (C=O) groups is 1. The molecule has 2 heterocycles. The van der Waals surface area contributed by atoms with Crippen molar-refractivity contribution in [1.29, 1.82) is 0 Å². The monoisotopic (exact) mass is 344 g/mol. The summed E-state index contributed by atoms with van der Waals surface area (Å²) in [6, 6.07) is 5.79. The number of piperazine rings is 1. The molecule has 134 valence electrons. The van der Waals surface area contributed by atoms with Gasteiger partial charge in [-0.25, -0.2) is 0 Å². The Hall–Kier alpha value is -2.41. The average Bonchev–Trinajstić information content (AvgIpc) is 2.61. The lowest BCUT2D eigenvalue weighted by Crippen LogP contribution is -2.56. The SMILES string of the molecule is CCC1CN(C(=O)c2ccc3[nH]c(=O)c(=O)[nH]c3c2)CCN1C(C)C. The molecule has 1 saturated heterocycles. The summed E-state index contributed by atoms with van der Waals surface area (Å²) in [5, 5.41) is 0. The van der Waals surface area contributed by atoms with Gasteiger partial charge in [-0.2, -0.15) is 0 Å². The molecule has 0 spiro atoms. The number of aromatic amines is 2. The zero-order valence-corrected chi connectivity index (χ0v) is 14.8. The van der Waals surface area contributed by atoms with Crippen molar-refractivity contribution in [3.8, 4) is 0 Å². The Morgan fingerprint density at radius 2 is 1.84 bits per heavy atom. The van der Waals surface area contributed by atoms with Crippen molar-refractivity contribution < 1.29 is 4.79 Å². The predicted molar refractivity (Wildman–Crippen MR) is 97.0 cm³/mol. The smallest absolute Gasteiger partial charge is 0.314 e. The Morgan fingerprint density at radius 1 is 1.16 bits per heavy atom. The number of nitrogens with one attached hydrogen (secondary N) is 2. The van der Waals surface area contributed by atoms with Gasteiger partial charge in [-0.15, -0.1) is 0 Å². The number of fused-ring (bicyclic) bond motifs is 1. The van der Waals surface area contributed by atoms with E-state index in [9.17, 15) is 14.4 Å². The molecule has 1 aliphatic rings. The van der Waals surface area contributed by atoms with Crippen molar-refractivity contribution in [1.82, 2.24) is 19.8 Å². The van der Waals surface area contributed by atoms with Gasteiger partial charge in [-0.05, 0) is 38.5 Å². The average molecular weight is 344 g/mol. The van der Waals surface area contributed by atoms with E-state index >= 15 is 0 Å². The van der Waals surface area contributed by atoms with Crippen molar-refractivity contribution >= 4 is 16.9 Å². The normalized spacial score (nSPS) is 18.9. The molecular weight excluding hydrogens is 320 g/mol. The molecule has 0 bridgehead atoms. The lowest BCUT2D eigenvalue weighted by molar-refractivity contribution is 0.0371. The van der Waals surface area contributed by atoms with E-state index in [0.29, 0.717) is 41.8 Å². The van der Waals surface area contributed by atoms with Gasteiger partial charge >= 0.3 is 11.1 Å². The minimum Gasteiger partial charge on any atom is -0.336 e. The lowest BCUT2D eigenvalue weighted by Gasteiger charge is -2.43. The van der Waals surface area contributed by atoms with Crippen LogP contribution >= 0.6 is 0 Å². The van der Waals surface area contributed by atoms with Crippen molar-refractivity contribution in [3.05, 3.63) is 44.5 Å². The molecule has 1 unspecified atom stereocenters. The summed E-state index contributed by atoms with van der Waals surface area (Å²) in [6.07, 6.45) is 0.994. The van der Waals surface area contributed by atoms with Crippen LogP contribution in [0, 0.1) is 0 Å². The van der Waals surface area contributed by atoms with E-state index in [1.807, 2.05) is 4.90 Å². The molecule has 0 saturated carbocycles. The van der Waals surface area contributed by atoms with Gasteiger partial charge in [0.2, 0.25) is 0 Å². The van der Waals surface area contributed by atoms with Crippen LogP contribution in [0.15, 0.2) is 27.8 Å². The first-order valence-corrected chi connectivity index (χ1v) is 8.72. The highest BCUT2D eigenvalue weighted by atomic mass is 16.2. The summed E-state index contributed by atoms with van der Waals surface area (Å²) in [5.74, 6) is -0.0456. The topological polar surface area (TPSA) is 89.3 Å². The van der Waals surface area contributed by atoms with Crippen molar-refractivity contribution in [3.63, 3.8) is 0 Å². The quantitative estimate of drug-likeness (QED) is 0.818. The number of H-pyrrole nitrogens is 2. The van der Waals surface area contributed by atoms with Gasteiger partial charge in [0.25, 0.3) is 5.91 Å². The van der Waals surface area contributed by atoms with Crippen molar-refractivity contribution in [2.24, 2.45) is 0 Å². The van der Waals surface area contributed by atoms with E-state index < -0.39 is 11.1 Å². The fourth-order valence-electron chi connectivity index (χ4n) is 3.53. The molecule has 0 radical (unpaired) electrons. The van der Waals surface area contributed by atoms with Gasteiger partial charge in [0.1, 0.15) is 0 Å². The molecule has 25 heavy (non-hydrogen) atoms. The maximum absolute atomic E-state index is 12.9. The minimum absolute atomic E-state index is 0.0456. The first-order chi connectivity index (χ1) is 11.9. The van der Waals surface area contributed by atoms with E-state index in [2.05, 4.69) is 35.6 Å². The van der Waals surface area contributed by atoms with Crippen LogP contribution in [0.1, 0.15) is 37.6 Å². The van der Waals surface area contributed by atoms with Crippen LogP contribution in [0.4, 0.5) is 0 Å². The largest absolute Gasteiger partial charge is 0.336 e. The zero-order chi connectivity index (χ0) is 18.1. The number of aromatic nitrogens is 2. The number of nitrogens with zero attached hydrogens (tertiary/aromatic N) is 2. The molecule has 2 N–H and O–H groups in total. The Kier molecular flexibility index (Phi) is 4.76. The summed E-state index contributed by atoms with van der Waals surface area (Å²) >= 11 is 0. The second kappa shape index (κ2) is 6.84.